The highest BCUT2D eigenvalue weighted by molar-refractivity contribution is 5.95. The van der Waals surface area contributed by atoms with E-state index in [1.165, 1.54) is 166 Å². The van der Waals surface area contributed by atoms with E-state index in [4.69, 9.17) is 0 Å². The zero-order valence-electron chi connectivity index (χ0n) is 65.3. The number of benzene rings is 17. The summed E-state index contributed by atoms with van der Waals surface area (Å²) in [7, 11) is 0. The van der Waals surface area contributed by atoms with Crippen molar-refractivity contribution in [3.05, 3.63) is 490 Å². The second-order valence-corrected chi connectivity index (χ2v) is 29.6. The Morgan fingerprint density at radius 1 is 0.164 bits per heavy atom. The quantitative estimate of drug-likeness (QED) is 0.165. The highest BCUT2D eigenvalue weighted by Gasteiger charge is 2.51. The van der Waals surface area contributed by atoms with Crippen LogP contribution < -0.4 is 0 Å². The lowest BCUT2D eigenvalue weighted by molar-refractivity contribution is 0.660. The molecule has 3 aliphatic carbocycles. The van der Waals surface area contributed by atoms with Crippen LogP contribution in [0.15, 0.2) is 413 Å². The van der Waals surface area contributed by atoms with Gasteiger partial charge in [0.25, 0.3) is 0 Å². The third-order valence-electron chi connectivity index (χ3n) is 21.3. The molecule has 0 bridgehead atoms. The molecule has 17 aromatic carbocycles. The van der Waals surface area contributed by atoms with Crippen molar-refractivity contribution < 1.29 is 0 Å². The molecular formula is C110H98. The molecule has 538 valence electrons. The second kappa shape index (κ2) is 35.3. The maximum absolute atomic E-state index is 2.40. The molecule has 0 unspecified atom stereocenters. The fourth-order valence-corrected chi connectivity index (χ4v) is 15.6. The molecule has 0 N–H and O–H groups in total. The molecule has 0 aromatic heterocycles. The topological polar surface area (TPSA) is 0 Å². The largest absolute Gasteiger partial charge is 0.0725 e. The van der Waals surface area contributed by atoms with Crippen LogP contribution in [0.4, 0.5) is 0 Å². The van der Waals surface area contributed by atoms with Gasteiger partial charge in [-0.05, 0) is 188 Å². The summed E-state index contributed by atoms with van der Waals surface area (Å²) in [5.74, 6) is 0. The third-order valence-corrected chi connectivity index (χ3v) is 21.3. The first-order valence-corrected chi connectivity index (χ1v) is 38.5. The molecule has 0 heterocycles. The minimum Gasteiger partial charge on any atom is -0.0622 e. The van der Waals surface area contributed by atoms with E-state index in [0.717, 1.165) is 0 Å². The molecule has 0 aliphatic heterocycles. The van der Waals surface area contributed by atoms with Crippen LogP contribution in [-0.2, 0) is 10.8 Å². The summed E-state index contributed by atoms with van der Waals surface area (Å²) >= 11 is 0. The second-order valence-electron chi connectivity index (χ2n) is 29.6. The molecule has 1 spiro atoms. The van der Waals surface area contributed by atoms with Crippen LogP contribution in [-0.4, -0.2) is 0 Å². The predicted molar refractivity (Wildman–Crippen MR) is 475 cm³/mol. The Morgan fingerprint density at radius 2 is 0.491 bits per heavy atom. The van der Waals surface area contributed by atoms with Gasteiger partial charge in [-0.3, -0.25) is 0 Å². The Labute approximate surface area is 654 Å². The average molecular weight is 1420 g/mol. The van der Waals surface area contributed by atoms with Crippen molar-refractivity contribution in [2.24, 2.45) is 0 Å². The number of hydrogen-bond acceptors (Lipinski definition) is 0. The smallest absolute Gasteiger partial charge is 0.0622 e. The van der Waals surface area contributed by atoms with Gasteiger partial charge in [0.1, 0.15) is 0 Å². The van der Waals surface area contributed by atoms with Crippen LogP contribution >= 0.6 is 0 Å². The van der Waals surface area contributed by atoms with Gasteiger partial charge < -0.3 is 0 Å². The number of rotatable bonds is 3. The Hall–Kier alpha value is -12.7. The molecule has 0 atom stereocenters. The van der Waals surface area contributed by atoms with E-state index in [1.54, 1.807) is 0 Å². The van der Waals surface area contributed by atoms with Crippen LogP contribution in [0.25, 0.3) is 88.3 Å². The van der Waals surface area contributed by atoms with Crippen molar-refractivity contribution in [2.75, 3.05) is 0 Å². The van der Waals surface area contributed by atoms with Gasteiger partial charge in [0.15, 0.2) is 0 Å². The van der Waals surface area contributed by atoms with Gasteiger partial charge in [-0.2, -0.15) is 0 Å². The summed E-state index contributed by atoms with van der Waals surface area (Å²) in [5.41, 5.74) is 35.2. The van der Waals surface area contributed by atoms with Crippen LogP contribution in [0.5, 0.6) is 0 Å². The molecule has 0 radical (unpaired) electrons. The lowest BCUT2D eigenvalue weighted by Gasteiger charge is -2.30. The number of fused-ring (bicyclic) bond motifs is 15. The van der Waals surface area contributed by atoms with Crippen molar-refractivity contribution in [1.82, 2.24) is 0 Å². The molecule has 0 nitrogen and oxygen atoms in total. The van der Waals surface area contributed by atoms with E-state index < -0.39 is 0 Å². The number of hydrogen-bond donors (Lipinski definition) is 0. The van der Waals surface area contributed by atoms with Crippen molar-refractivity contribution in [2.45, 2.75) is 80.1 Å². The highest BCUT2D eigenvalue weighted by Crippen LogP contribution is 2.63. The standard InChI is InChI=1S/C26H18.C16H16.3C13H12.2C11H10.C7H8/c1-17-14-15-21-20-10-4-7-13-24(20)26(25(21)16-17)22-11-5-2-8-18(22)19-9-3-6-12-23(19)26;1-11-8-9-13-12-6-4-5-7-14(12)16(2,3)15(13)10-11;1-11-7-5-6-10-13(11)12-8-3-2-4-9-12;1-11-6-5-9-13(10-11)12-7-3-2-4-8-12;1-11-7-9-13(10-8-11)12-5-3-2-4-6-12;1-9-5-4-7-10-6-2-3-8-11(9)10;1-9-6-7-10-4-2-3-5-11(10)8-9;1-7-5-3-2-4-6-7/h2-16H,1H3;4-10H,1-3H3;3*2-10H,1H3;2*2-8H,1H3;2-6H,1H3. The van der Waals surface area contributed by atoms with E-state index in [-0.39, 0.29) is 10.8 Å². The molecule has 20 rings (SSSR count). The summed E-state index contributed by atoms with van der Waals surface area (Å²) < 4.78 is 0. The summed E-state index contributed by atoms with van der Waals surface area (Å²) in [6.07, 6.45) is 0. The van der Waals surface area contributed by atoms with Gasteiger partial charge in [0.05, 0.1) is 5.41 Å². The Bertz CT molecular complexity index is 5810. The van der Waals surface area contributed by atoms with Crippen LogP contribution in [0.1, 0.15) is 91.7 Å². The third kappa shape index (κ3) is 17.3. The van der Waals surface area contributed by atoms with E-state index in [1.807, 2.05) is 36.4 Å². The van der Waals surface area contributed by atoms with Gasteiger partial charge in [0, 0.05) is 5.41 Å². The van der Waals surface area contributed by atoms with Crippen molar-refractivity contribution >= 4 is 21.5 Å². The van der Waals surface area contributed by atoms with Crippen molar-refractivity contribution in [3.8, 4) is 66.8 Å². The summed E-state index contributed by atoms with van der Waals surface area (Å²) in [5, 5.41) is 5.33. The predicted octanol–water partition coefficient (Wildman–Crippen LogP) is 29.9. The first-order valence-electron chi connectivity index (χ1n) is 38.5. The summed E-state index contributed by atoms with van der Waals surface area (Å²) in [6.45, 7) is 21.7. The fraction of sp³-hybridized carbons (Fsp3) is 0.109. The molecule has 0 heteroatoms. The maximum atomic E-state index is 2.40. The Balaban J connectivity index is 0.000000114. The molecular weight excluding hydrogens is 1320 g/mol. The molecule has 0 saturated carbocycles. The van der Waals surface area contributed by atoms with E-state index in [0.29, 0.717) is 0 Å². The molecule has 0 fully saturated rings. The van der Waals surface area contributed by atoms with Crippen LogP contribution in [0, 0.1) is 55.4 Å². The first-order chi connectivity index (χ1) is 53.6. The van der Waals surface area contributed by atoms with E-state index in [9.17, 15) is 0 Å². The maximum Gasteiger partial charge on any atom is 0.0725 e. The monoisotopic (exact) mass is 1420 g/mol. The first kappa shape index (κ1) is 75.5. The van der Waals surface area contributed by atoms with E-state index in [2.05, 4.69) is 445 Å². The molecule has 0 saturated heterocycles. The van der Waals surface area contributed by atoms with Crippen LogP contribution in [0.3, 0.4) is 0 Å². The fourth-order valence-electron chi connectivity index (χ4n) is 15.6. The molecule has 17 aromatic rings. The van der Waals surface area contributed by atoms with Gasteiger partial charge in [0.2, 0.25) is 0 Å². The Morgan fingerprint density at radius 3 is 1.02 bits per heavy atom. The minimum atomic E-state index is -0.189. The SMILES string of the molecule is Cc1ccc(-c2ccccc2)cc1.Cc1ccc2c(c1)C(C)(C)c1ccccc1-2.Cc1ccc2c(c1)C1(c3ccccc3-c3ccccc31)c1ccccc1-2.Cc1ccc2ccccc2c1.Cc1cccc(-c2ccccc2)c1.Cc1cccc2ccccc12.Cc1ccccc1.Cc1ccccc1-c1ccccc1. The molecule has 110 heavy (non-hydrogen) atoms. The van der Waals surface area contributed by atoms with Crippen LogP contribution in [0.2, 0.25) is 0 Å². The number of aryl methyl sites for hydroxylation is 8. The Kier molecular flexibility index (Phi) is 24.2. The van der Waals surface area contributed by atoms with Crippen molar-refractivity contribution in [3.63, 3.8) is 0 Å². The van der Waals surface area contributed by atoms with Gasteiger partial charge in [-0.15, -0.1) is 0 Å². The zero-order valence-corrected chi connectivity index (χ0v) is 65.3. The van der Waals surface area contributed by atoms with E-state index >= 15 is 0 Å². The summed E-state index contributed by atoms with van der Waals surface area (Å²) in [4.78, 5) is 0. The zero-order chi connectivity index (χ0) is 76.4. The minimum absolute atomic E-state index is 0.151. The van der Waals surface area contributed by atoms with Crippen molar-refractivity contribution in [1.29, 1.82) is 0 Å². The molecule has 3 aliphatic rings. The lowest BCUT2D eigenvalue weighted by Crippen LogP contribution is -2.25. The normalized spacial score (nSPS) is 11.9. The van der Waals surface area contributed by atoms with Gasteiger partial charge in [-0.1, -0.05) is 460 Å². The molecule has 0 amide bonds. The average Bonchev–Trinajstić information content (AvgIpc) is 1.51. The highest BCUT2D eigenvalue weighted by atomic mass is 14.5. The van der Waals surface area contributed by atoms with Gasteiger partial charge >= 0.3 is 0 Å². The lowest BCUT2D eigenvalue weighted by atomic mass is 9.70. The van der Waals surface area contributed by atoms with Gasteiger partial charge in [-0.25, -0.2) is 0 Å². The summed E-state index contributed by atoms with van der Waals surface area (Å²) in [6, 6.07) is 146.